The average molecular weight is 346 g/mol. The van der Waals surface area contributed by atoms with Crippen LogP contribution in [-0.4, -0.2) is 0 Å². The zero-order valence-corrected chi connectivity index (χ0v) is 15.8. The second kappa shape index (κ2) is 5.33. The predicted octanol–water partition coefficient (Wildman–Crippen LogP) is 7.11. The standard InChI is InChI=1S/C27H22/c1-16(2)24-15-20-14-19-12-11-18-13-17-7-3-4-8-21(17)25(18)27(19)26(20)23-10-6-5-9-22(23)24/h3-12,15-16H,13-14H2,1-2H3. The molecule has 130 valence electrons. The van der Waals surface area contributed by atoms with Gasteiger partial charge < -0.3 is 0 Å². The fraction of sp³-hybridized carbons (Fsp3) is 0.185. The average Bonchev–Trinajstić information content (AvgIpc) is 3.24. The molecule has 0 saturated carbocycles. The highest BCUT2D eigenvalue weighted by Crippen LogP contribution is 2.51. The van der Waals surface area contributed by atoms with Gasteiger partial charge >= 0.3 is 0 Å². The van der Waals surface area contributed by atoms with E-state index in [1.165, 1.54) is 60.8 Å². The second-order valence-corrected chi connectivity index (χ2v) is 8.34. The van der Waals surface area contributed by atoms with Gasteiger partial charge in [-0.3, -0.25) is 0 Å². The van der Waals surface area contributed by atoms with Crippen LogP contribution in [-0.2, 0) is 12.8 Å². The van der Waals surface area contributed by atoms with Crippen LogP contribution in [0.3, 0.4) is 0 Å². The minimum Gasteiger partial charge on any atom is -0.0619 e. The lowest BCUT2D eigenvalue weighted by Crippen LogP contribution is -1.94. The van der Waals surface area contributed by atoms with Crippen molar-refractivity contribution in [2.75, 3.05) is 0 Å². The first kappa shape index (κ1) is 15.2. The molecule has 0 radical (unpaired) electrons. The minimum absolute atomic E-state index is 0.537. The highest BCUT2D eigenvalue weighted by molar-refractivity contribution is 6.07. The highest BCUT2D eigenvalue weighted by atomic mass is 14.3. The van der Waals surface area contributed by atoms with E-state index < -0.39 is 0 Å². The lowest BCUT2D eigenvalue weighted by molar-refractivity contribution is 0.874. The van der Waals surface area contributed by atoms with Gasteiger partial charge in [-0.15, -0.1) is 0 Å². The molecule has 0 atom stereocenters. The molecule has 4 aromatic rings. The van der Waals surface area contributed by atoms with Gasteiger partial charge in [-0.2, -0.15) is 0 Å². The first-order chi connectivity index (χ1) is 13.2. The van der Waals surface area contributed by atoms with E-state index >= 15 is 0 Å². The third kappa shape index (κ3) is 1.99. The smallest absolute Gasteiger partial charge is 0.00129 e. The number of hydrogen-bond donors (Lipinski definition) is 0. The molecule has 6 rings (SSSR count). The predicted molar refractivity (Wildman–Crippen MR) is 115 cm³/mol. The summed E-state index contributed by atoms with van der Waals surface area (Å²) in [6.45, 7) is 4.62. The first-order valence-electron chi connectivity index (χ1n) is 10.0. The molecule has 0 aliphatic heterocycles. The molecule has 0 amide bonds. The summed E-state index contributed by atoms with van der Waals surface area (Å²) in [7, 11) is 0. The molecule has 0 fully saturated rings. The van der Waals surface area contributed by atoms with Crippen molar-refractivity contribution in [3.63, 3.8) is 0 Å². The Morgan fingerprint density at radius 2 is 1.26 bits per heavy atom. The maximum Gasteiger partial charge on any atom is -0.00129 e. The molecule has 0 nitrogen and oxygen atoms in total. The summed E-state index contributed by atoms with van der Waals surface area (Å²) in [6.07, 6.45) is 2.13. The van der Waals surface area contributed by atoms with Gasteiger partial charge in [-0.25, -0.2) is 0 Å². The molecule has 0 heteroatoms. The van der Waals surface area contributed by atoms with Crippen LogP contribution < -0.4 is 0 Å². The zero-order chi connectivity index (χ0) is 18.1. The Balaban J connectivity index is 1.74. The normalized spacial score (nSPS) is 13.6. The van der Waals surface area contributed by atoms with E-state index in [-0.39, 0.29) is 0 Å². The molecule has 0 aromatic heterocycles. The summed E-state index contributed by atoms with van der Waals surface area (Å²) in [5.41, 5.74) is 13.3. The van der Waals surface area contributed by atoms with Gasteiger partial charge in [0.05, 0.1) is 0 Å². The lowest BCUT2D eigenvalue weighted by atomic mass is 9.87. The quantitative estimate of drug-likeness (QED) is 0.298. The summed E-state index contributed by atoms with van der Waals surface area (Å²) in [5, 5.41) is 2.85. The molecule has 27 heavy (non-hydrogen) atoms. The topological polar surface area (TPSA) is 0 Å². The van der Waals surface area contributed by atoms with Crippen molar-refractivity contribution in [2.24, 2.45) is 0 Å². The van der Waals surface area contributed by atoms with Crippen LogP contribution in [0, 0.1) is 0 Å². The Morgan fingerprint density at radius 1 is 0.593 bits per heavy atom. The second-order valence-electron chi connectivity index (χ2n) is 8.34. The third-order valence-electron chi connectivity index (χ3n) is 6.46. The Bertz CT molecular complexity index is 1240. The van der Waals surface area contributed by atoms with Crippen LogP contribution >= 0.6 is 0 Å². The monoisotopic (exact) mass is 346 g/mol. The van der Waals surface area contributed by atoms with E-state index in [1.807, 2.05) is 0 Å². The Hall–Kier alpha value is -2.86. The fourth-order valence-electron chi connectivity index (χ4n) is 5.28. The maximum absolute atomic E-state index is 2.48. The Kier molecular flexibility index (Phi) is 3.00. The highest BCUT2D eigenvalue weighted by Gasteiger charge is 2.30. The van der Waals surface area contributed by atoms with Gasteiger partial charge in [0.2, 0.25) is 0 Å². The van der Waals surface area contributed by atoms with Crippen molar-refractivity contribution in [3.8, 4) is 22.3 Å². The van der Waals surface area contributed by atoms with Gasteiger partial charge in [-0.1, -0.05) is 80.6 Å². The summed E-state index contributed by atoms with van der Waals surface area (Å²) in [4.78, 5) is 0. The van der Waals surface area contributed by atoms with Crippen molar-refractivity contribution in [2.45, 2.75) is 32.6 Å². The fourth-order valence-corrected chi connectivity index (χ4v) is 5.28. The van der Waals surface area contributed by atoms with Gasteiger partial charge in [-0.05, 0) is 79.6 Å². The molecule has 2 aliphatic carbocycles. The molecular weight excluding hydrogens is 324 g/mol. The third-order valence-corrected chi connectivity index (χ3v) is 6.46. The van der Waals surface area contributed by atoms with E-state index in [0.717, 1.165) is 12.8 Å². The summed E-state index contributed by atoms with van der Waals surface area (Å²) in [6, 6.07) is 25.2. The molecule has 2 aliphatic rings. The first-order valence-corrected chi connectivity index (χ1v) is 10.0. The van der Waals surface area contributed by atoms with E-state index in [1.54, 1.807) is 0 Å². The van der Waals surface area contributed by atoms with Crippen LogP contribution in [0.25, 0.3) is 33.0 Å². The zero-order valence-electron chi connectivity index (χ0n) is 15.8. The summed E-state index contributed by atoms with van der Waals surface area (Å²) < 4.78 is 0. The van der Waals surface area contributed by atoms with E-state index in [2.05, 4.69) is 80.6 Å². The number of fused-ring (bicyclic) bond motifs is 9. The van der Waals surface area contributed by atoms with Crippen molar-refractivity contribution in [3.05, 3.63) is 94.5 Å². The van der Waals surface area contributed by atoms with Crippen LogP contribution in [0.2, 0.25) is 0 Å². The molecule has 0 bridgehead atoms. The molecule has 0 unspecified atom stereocenters. The Morgan fingerprint density at radius 3 is 2.07 bits per heavy atom. The van der Waals surface area contributed by atoms with Gasteiger partial charge in [0.15, 0.2) is 0 Å². The van der Waals surface area contributed by atoms with Crippen LogP contribution in [0.5, 0.6) is 0 Å². The number of hydrogen-bond acceptors (Lipinski definition) is 0. The largest absolute Gasteiger partial charge is 0.0619 e. The van der Waals surface area contributed by atoms with E-state index in [9.17, 15) is 0 Å². The van der Waals surface area contributed by atoms with Crippen molar-refractivity contribution in [1.29, 1.82) is 0 Å². The number of rotatable bonds is 1. The van der Waals surface area contributed by atoms with E-state index in [4.69, 9.17) is 0 Å². The van der Waals surface area contributed by atoms with E-state index in [0.29, 0.717) is 5.92 Å². The minimum atomic E-state index is 0.537. The van der Waals surface area contributed by atoms with Crippen molar-refractivity contribution in [1.82, 2.24) is 0 Å². The van der Waals surface area contributed by atoms with Gasteiger partial charge in [0.1, 0.15) is 0 Å². The van der Waals surface area contributed by atoms with Crippen molar-refractivity contribution < 1.29 is 0 Å². The lowest BCUT2D eigenvalue weighted by Gasteiger charge is -2.16. The van der Waals surface area contributed by atoms with Crippen LogP contribution in [0.15, 0.2) is 66.7 Å². The van der Waals surface area contributed by atoms with Crippen molar-refractivity contribution >= 4 is 10.8 Å². The molecule has 4 aromatic carbocycles. The summed E-state index contributed by atoms with van der Waals surface area (Å²) >= 11 is 0. The van der Waals surface area contributed by atoms with Gasteiger partial charge in [0.25, 0.3) is 0 Å². The van der Waals surface area contributed by atoms with Crippen LogP contribution in [0.1, 0.15) is 47.6 Å². The molecular formula is C27H22. The van der Waals surface area contributed by atoms with Gasteiger partial charge in [0, 0.05) is 0 Å². The molecule has 0 saturated heterocycles. The molecule has 0 spiro atoms. The SMILES string of the molecule is CC(C)c1cc2c(c3ccccc13)-c1c(ccc3c1-c1ccccc1C3)C2. The molecule has 0 heterocycles. The Labute approximate surface area is 160 Å². The number of benzene rings is 4. The maximum atomic E-state index is 2.48. The molecule has 0 N–H and O–H groups in total. The summed E-state index contributed by atoms with van der Waals surface area (Å²) in [5.74, 6) is 0.537. The van der Waals surface area contributed by atoms with Crippen LogP contribution in [0.4, 0.5) is 0 Å².